The van der Waals surface area contributed by atoms with E-state index in [4.69, 9.17) is 18.9 Å². The molecule has 4 rings (SSSR count). The highest BCUT2D eigenvalue weighted by Gasteiger charge is 2.58. The lowest BCUT2D eigenvalue weighted by Crippen LogP contribution is -2.51. The number of carbonyl (C=O) groups is 1. The zero-order valence-corrected chi connectivity index (χ0v) is 15.3. The standard InChI is InChI=1S/C19H27NO5/c1-20-9-8-18(13-4-5-14(22-2)15(10-13)23-3)6-7-19(11-16(18)20)24-12-17(21)25-19/h10,16H,4-9,11-12H2,1-3H3/t16-,18-,19?/m0/s1. The number of carbonyl (C=O) groups excluding carboxylic acids is 1. The van der Waals surface area contributed by atoms with Crippen LogP contribution >= 0.6 is 0 Å². The van der Waals surface area contributed by atoms with Crippen LogP contribution in [0.2, 0.25) is 0 Å². The number of methoxy groups -OCH3 is 2. The maximum atomic E-state index is 11.6. The average molecular weight is 349 g/mol. The van der Waals surface area contributed by atoms with E-state index in [-0.39, 0.29) is 18.0 Å². The predicted octanol–water partition coefficient (Wildman–Crippen LogP) is 2.36. The molecule has 0 amide bonds. The molecule has 4 aliphatic rings. The zero-order valence-electron chi connectivity index (χ0n) is 15.3. The largest absolute Gasteiger partial charge is 0.497 e. The minimum Gasteiger partial charge on any atom is -0.497 e. The summed E-state index contributed by atoms with van der Waals surface area (Å²) in [6, 6.07) is 0.320. The Bertz CT molecular complexity index is 642. The maximum absolute atomic E-state index is 11.6. The van der Waals surface area contributed by atoms with Crippen molar-refractivity contribution in [3.8, 4) is 0 Å². The molecule has 2 saturated heterocycles. The summed E-state index contributed by atoms with van der Waals surface area (Å²) in [4.78, 5) is 14.0. The van der Waals surface area contributed by atoms with Gasteiger partial charge in [0.15, 0.2) is 5.76 Å². The summed E-state index contributed by atoms with van der Waals surface area (Å²) in [5, 5.41) is 0. The van der Waals surface area contributed by atoms with Crippen molar-refractivity contribution in [1.29, 1.82) is 0 Å². The van der Waals surface area contributed by atoms with Gasteiger partial charge in [-0.1, -0.05) is 5.57 Å². The highest BCUT2D eigenvalue weighted by molar-refractivity contribution is 5.72. The molecule has 0 aromatic heterocycles. The molecule has 0 N–H and O–H groups in total. The van der Waals surface area contributed by atoms with Gasteiger partial charge < -0.3 is 23.8 Å². The number of hydrogen-bond acceptors (Lipinski definition) is 6. The molecule has 1 saturated carbocycles. The lowest BCUT2D eigenvalue weighted by Gasteiger charge is -2.48. The quantitative estimate of drug-likeness (QED) is 0.729. The molecule has 2 aliphatic heterocycles. The molecule has 3 atom stereocenters. The summed E-state index contributed by atoms with van der Waals surface area (Å²) < 4.78 is 22.4. The summed E-state index contributed by atoms with van der Waals surface area (Å²) in [7, 11) is 5.57. The van der Waals surface area contributed by atoms with E-state index < -0.39 is 5.79 Å². The fraction of sp³-hybridized carbons (Fsp3) is 0.737. The second kappa shape index (κ2) is 6.02. The Labute approximate surface area is 148 Å². The average Bonchev–Trinajstić information content (AvgIpc) is 3.16. The molecule has 3 fully saturated rings. The Kier molecular flexibility index (Phi) is 4.07. The molecule has 1 spiro atoms. The Balaban J connectivity index is 1.66. The first-order valence-electron chi connectivity index (χ1n) is 9.10. The Morgan fingerprint density at radius 1 is 1.20 bits per heavy atom. The number of ether oxygens (including phenoxy) is 4. The van der Waals surface area contributed by atoms with Crippen LogP contribution in [0.3, 0.4) is 0 Å². The molecular weight excluding hydrogens is 322 g/mol. The summed E-state index contributed by atoms with van der Waals surface area (Å²) in [6.07, 6.45) is 7.67. The second-order valence-corrected chi connectivity index (χ2v) is 7.65. The Hall–Kier alpha value is -1.53. The van der Waals surface area contributed by atoms with Gasteiger partial charge in [-0.3, -0.25) is 0 Å². The summed E-state index contributed by atoms with van der Waals surface area (Å²) >= 11 is 0. The molecule has 6 nitrogen and oxygen atoms in total. The summed E-state index contributed by atoms with van der Waals surface area (Å²) in [5.41, 5.74) is 1.56. The molecule has 138 valence electrons. The van der Waals surface area contributed by atoms with Crippen molar-refractivity contribution in [2.45, 2.75) is 50.4 Å². The van der Waals surface area contributed by atoms with E-state index in [9.17, 15) is 4.79 Å². The topological polar surface area (TPSA) is 57.2 Å². The van der Waals surface area contributed by atoms with E-state index >= 15 is 0 Å². The van der Waals surface area contributed by atoms with Crippen LogP contribution in [-0.4, -0.2) is 57.1 Å². The Morgan fingerprint density at radius 3 is 2.72 bits per heavy atom. The van der Waals surface area contributed by atoms with Gasteiger partial charge in [0.2, 0.25) is 5.79 Å². The lowest BCUT2D eigenvalue weighted by molar-refractivity contribution is -0.201. The first-order valence-corrected chi connectivity index (χ1v) is 9.10. The third kappa shape index (κ3) is 2.57. The van der Waals surface area contributed by atoms with Gasteiger partial charge in [0, 0.05) is 30.7 Å². The Morgan fingerprint density at radius 2 is 2.04 bits per heavy atom. The number of hydrogen-bond donors (Lipinski definition) is 0. The van der Waals surface area contributed by atoms with Crippen LogP contribution in [0.15, 0.2) is 23.2 Å². The number of fused-ring (bicyclic) bond motifs is 1. The normalized spacial score (nSPS) is 38.6. The molecule has 2 aliphatic carbocycles. The van der Waals surface area contributed by atoms with Crippen LogP contribution in [0.5, 0.6) is 0 Å². The molecule has 6 heteroatoms. The van der Waals surface area contributed by atoms with E-state index in [1.807, 2.05) is 0 Å². The van der Waals surface area contributed by atoms with Gasteiger partial charge in [0.25, 0.3) is 0 Å². The first kappa shape index (κ1) is 16.9. The third-order valence-electron chi connectivity index (χ3n) is 6.60. The highest BCUT2D eigenvalue weighted by Crippen LogP contribution is 2.57. The van der Waals surface area contributed by atoms with Crippen molar-refractivity contribution in [3.05, 3.63) is 23.2 Å². The van der Waals surface area contributed by atoms with E-state index in [2.05, 4.69) is 18.0 Å². The molecule has 25 heavy (non-hydrogen) atoms. The highest BCUT2D eigenvalue weighted by atomic mass is 16.8. The molecule has 1 unspecified atom stereocenters. The smallest absolute Gasteiger partial charge is 0.334 e. The van der Waals surface area contributed by atoms with Gasteiger partial charge in [0.1, 0.15) is 12.4 Å². The van der Waals surface area contributed by atoms with Crippen molar-refractivity contribution in [3.63, 3.8) is 0 Å². The zero-order chi connectivity index (χ0) is 17.7. The fourth-order valence-corrected chi connectivity index (χ4v) is 5.24. The van der Waals surface area contributed by atoms with Gasteiger partial charge in [-0.15, -0.1) is 0 Å². The fourth-order valence-electron chi connectivity index (χ4n) is 5.24. The van der Waals surface area contributed by atoms with Crippen molar-refractivity contribution >= 4 is 5.97 Å². The second-order valence-electron chi connectivity index (χ2n) is 7.65. The van der Waals surface area contributed by atoms with Crippen LogP contribution in [0.4, 0.5) is 0 Å². The van der Waals surface area contributed by atoms with Crippen LogP contribution < -0.4 is 0 Å². The minimum absolute atomic E-state index is 0.0832. The first-order chi connectivity index (χ1) is 12.0. The maximum Gasteiger partial charge on any atom is 0.334 e. The summed E-state index contributed by atoms with van der Waals surface area (Å²) in [5.74, 6) is 0.817. The van der Waals surface area contributed by atoms with E-state index in [0.29, 0.717) is 6.04 Å². The van der Waals surface area contributed by atoms with Gasteiger partial charge >= 0.3 is 5.97 Å². The van der Waals surface area contributed by atoms with Crippen LogP contribution in [0.25, 0.3) is 0 Å². The van der Waals surface area contributed by atoms with Gasteiger partial charge in [-0.2, -0.15) is 0 Å². The van der Waals surface area contributed by atoms with Crippen LogP contribution in [-0.2, 0) is 23.7 Å². The number of likely N-dealkylation sites (tertiary alicyclic amines) is 1. The molecule has 2 heterocycles. The minimum atomic E-state index is -0.712. The van der Waals surface area contributed by atoms with Gasteiger partial charge in [0.05, 0.1) is 14.2 Å². The van der Waals surface area contributed by atoms with Crippen LogP contribution in [0, 0.1) is 5.41 Å². The monoisotopic (exact) mass is 349 g/mol. The van der Waals surface area contributed by atoms with E-state index in [1.54, 1.807) is 14.2 Å². The molecule has 0 aromatic carbocycles. The number of rotatable bonds is 3. The molecule has 0 aromatic rings. The van der Waals surface area contributed by atoms with Gasteiger partial charge in [-0.05, 0) is 38.9 Å². The SMILES string of the molecule is COC1=C(OC)CCC([C@]23CCN(C)[C@H]2CC2(CC3)OCC(=O)O2)=C1. The van der Waals surface area contributed by atoms with Crippen molar-refractivity contribution < 1.29 is 23.7 Å². The summed E-state index contributed by atoms with van der Waals surface area (Å²) in [6.45, 7) is 1.13. The van der Waals surface area contributed by atoms with Crippen LogP contribution in [0.1, 0.15) is 38.5 Å². The predicted molar refractivity (Wildman–Crippen MR) is 90.5 cm³/mol. The van der Waals surface area contributed by atoms with Crippen molar-refractivity contribution in [2.75, 3.05) is 34.4 Å². The van der Waals surface area contributed by atoms with E-state index in [0.717, 1.165) is 56.6 Å². The molecule has 0 bridgehead atoms. The van der Waals surface area contributed by atoms with Crippen molar-refractivity contribution in [2.24, 2.45) is 5.41 Å². The van der Waals surface area contributed by atoms with Crippen molar-refractivity contribution in [1.82, 2.24) is 4.90 Å². The van der Waals surface area contributed by atoms with Gasteiger partial charge in [-0.25, -0.2) is 4.79 Å². The number of nitrogens with zero attached hydrogens (tertiary/aromatic N) is 1. The number of esters is 1. The number of allylic oxidation sites excluding steroid dienone is 2. The lowest BCUT2D eigenvalue weighted by atomic mass is 9.62. The molecular formula is C19H27NO5. The molecule has 0 radical (unpaired) electrons. The van der Waals surface area contributed by atoms with E-state index in [1.165, 1.54) is 5.57 Å². The third-order valence-corrected chi connectivity index (χ3v) is 6.60.